The van der Waals surface area contributed by atoms with Crippen LogP contribution in [0.5, 0.6) is 23.0 Å². The van der Waals surface area contributed by atoms with Gasteiger partial charge in [0.15, 0.2) is 29.1 Å². The molecule has 5 atom stereocenters. The number of carbonyl (C=O) groups excluding carboxylic acids is 2. The van der Waals surface area contributed by atoms with Crippen LogP contribution in [0, 0.1) is 0 Å². The van der Waals surface area contributed by atoms with Crippen LogP contribution in [0.15, 0.2) is 48.6 Å². The second kappa shape index (κ2) is 11.6. The first-order chi connectivity index (χ1) is 17.1. The van der Waals surface area contributed by atoms with Gasteiger partial charge in [0.05, 0.1) is 6.61 Å². The third-order valence-corrected chi connectivity index (χ3v) is 5.13. The minimum Gasteiger partial charge on any atom is -0.504 e. The van der Waals surface area contributed by atoms with Gasteiger partial charge in [-0.2, -0.15) is 0 Å². The van der Waals surface area contributed by atoms with E-state index in [2.05, 4.69) is 0 Å². The molecule has 0 saturated carbocycles. The maximum atomic E-state index is 12.2. The SMILES string of the molecule is O=C(/C=C/c1ccc(O)c(O)c1)O[C@@H]1O[C@H](CO)[C@@H](OC(=O)/C=C/c2ccc(O)c(O)c2)[C@H](O)[C@H]1O. The van der Waals surface area contributed by atoms with Crippen LogP contribution in [0.1, 0.15) is 11.1 Å². The van der Waals surface area contributed by atoms with Gasteiger partial charge in [-0.05, 0) is 47.5 Å². The monoisotopic (exact) mass is 504 g/mol. The molecule has 0 aliphatic carbocycles. The normalized spacial score (nSPS) is 24.1. The molecule has 1 saturated heterocycles. The van der Waals surface area contributed by atoms with Crippen molar-refractivity contribution in [3.63, 3.8) is 0 Å². The first-order valence-corrected chi connectivity index (χ1v) is 10.5. The van der Waals surface area contributed by atoms with Crippen molar-refractivity contribution in [1.82, 2.24) is 0 Å². The lowest BCUT2D eigenvalue weighted by molar-refractivity contribution is -0.293. The number of esters is 2. The summed E-state index contributed by atoms with van der Waals surface area (Å²) in [7, 11) is 0. The van der Waals surface area contributed by atoms with Crippen molar-refractivity contribution in [2.45, 2.75) is 30.7 Å². The lowest BCUT2D eigenvalue weighted by Gasteiger charge is -2.40. The summed E-state index contributed by atoms with van der Waals surface area (Å²) in [6, 6.07) is 7.62. The highest BCUT2D eigenvalue weighted by Crippen LogP contribution is 2.27. The van der Waals surface area contributed by atoms with E-state index in [-0.39, 0.29) is 11.5 Å². The Morgan fingerprint density at radius 2 is 1.28 bits per heavy atom. The Morgan fingerprint density at radius 3 is 1.75 bits per heavy atom. The molecular weight excluding hydrogens is 480 g/mol. The molecule has 3 rings (SSSR count). The van der Waals surface area contributed by atoms with Crippen molar-refractivity contribution in [2.75, 3.05) is 6.61 Å². The van der Waals surface area contributed by atoms with Crippen molar-refractivity contribution in [1.29, 1.82) is 0 Å². The third kappa shape index (κ3) is 6.52. The van der Waals surface area contributed by atoms with Crippen LogP contribution in [0.25, 0.3) is 12.2 Å². The maximum Gasteiger partial charge on any atom is 0.333 e. The summed E-state index contributed by atoms with van der Waals surface area (Å²) in [4.78, 5) is 24.3. The van der Waals surface area contributed by atoms with Gasteiger partial charge in [-0.3, -0.25) is 0 Å². The van der Waals surface area contributed by atoms with Gasteiger partial charge in [-0.1, -0.05) is 12.1 Å². The van der Waals surface area contributed by atoms with E-state index in [1.165, 1.54) is 48.6 Å². The predicted octanol–water partition coefficient (Wildman–Crippen LogP) is 0.130. The molecular formula is C24H24O12. The Hall–Kier alpha value is -4.10. The number of aromatic hydroxyl groups is 4. The molecule has 0 bridgehead atoms. The van der Waals surface area contributed by atoms with Gasteiger partial charge >= 0.3 is 11.9 Å². The van der Waals surface area contributed by atoms with Crippen molar-refractivity contribution in [3.8, 4) is 23.0 Å². The van der Waals surface area contributed by atoms with Gasteiger partial charge in [-0.25, -0.2) is 9.59 Å². The average Bonchev–Trinajstić information content (AvgIpc) is 2.85. The summed E-state index contributed by atoms with van der Waals surface area (Å²) in [6.07, 6.45) is -3.78. The van der Waals surface area contributed by atoms with Gasteiger partial charge in [0, 0.05) is 12.2 Å². The van der Waals surface area contributed by atoms with E-state index in [4.69, 9.17) is 14.2 Å². The zero-order chi connectivity index (χ0) is 26.4. The summed E-state index contributed by atoms with van der Waals surface area (Å²) in [5.41, 5.74) is 0.701. The standard InChI is InChI=1S/C24H24O12/c25-11-18-23(35-19(30)7-3-12-1-5-14(26)16(28)9-12)21(32)22(33)24(34-18)36-20(31)8-4-13-2-6-15(27)17(29)10-13/h1-10,18,21-29,32-33H,11H2/b7-3+,8-4+/t18-,21-,22-,23-,24+/m1/s1. The Kier molecular flexibility index (Phi) is 8.51. The quantitative estimate of drug-likeness (QED) is 0.153. The summed E-state index contributed by atoms with van der Waals surface area (Å²) < 4.78 is 15.4. The van der Waals surface area contributed by atoms with Crippen LogP contribution in [0.3, 0.4) is 0 Å². The van der Waals surface area contributed by atoms with E-state index < -0.39 is 60.8 Å². The topological polar surface area (TPSA) is 203 Å². The molecule has 2 aromatic carbocycles. The summed E-state index contributed by atoms with van der Waals surface area (Å²) >= 11 is 0. The zero-order valence-electron chi connectivity index (χ0n) is 18.5. The van der Waals surface area contributed by atoms with Crippen LogP contribution in [0.2, 0.25) is 0 Å². The second-order valence-electron chi connectivity index (χ2n) is 7.71. The Bertz CT molecular complexity index is 1160. The van der Waals surface area contributed by atoms with Crippen molar-refractivity contribution < 1.29 is 59.5 Å². The number of phenolic OH excluding ortho intramolecular Hbond substituents is 4. The molecule has 0 aromatic heterocycles. The largest absolute Gasteiger partial charge is 0.504 e. The molecule has 12 nitrogen and oxygen atoms in total. The fourth-order valence-corrected chi connectivity index (χ4v) is 3.24. The summed E-state index contributed by atoms with van der Waals surface area (Å²) in [6.45, 7) is -0.756. The van der Waals surface area contributed by atoms with E-state index >= 15 is 0 Å². The fraction of sp³-hybridized carbons (Fsp3) is 0.250. The number of benzene rings is 2. The first-order valence-electron chi connectivity index (χ1n) is 10.5. The van der Waals surface area contributed by atoms with Crippen molar-refractivity contribution in [3.05, 3.63) is 59.7 Å². The second-order valence-corrected chi connectivity index (χ2v) is 7.71. The minimum atomic E-state index is -1.83. The molecule has 1 fully saturated rings. The molecule has 36 heavy (non-hydrogen) atoms. The number of aliphatic hydroxyl groups excluding tert-OH is 3. The number of aliphatic hydroxyl groups is 3. The number of rotatable bonds is 7. The van der Waals surface area contributed by atoms with E-state index in [1.807, 2.05) is 0 Å². The molecule has 1 aliphatic rings. The third-order valence-electron chi connectivity index (χ3n) is 5.13. The van der Waals surface area contributed by atoms with Crippen LogP contribution < -0.4 is 0 Å². The van der Waals surface area contributed by atoms with Crippen LogP contribution in [-0.4, -0.2) is 85.0 Å². The van der Waals surface area contributed by atoms with Crippen LogP contribution in [0.4, 0.5) is 0 Å². The summed E-state index contributed by atoms with van der Waals surface area (Å²) in [5, 5.41) is 68.0. The van der Waals surface area contributed by atoms with Gasteiger partial charge < -0.3 is 50.0 Å². The molecule has 0 unspecified atom stereocenters. The Morgan fingerprint density at radius 1 is 0.778 bits per heavy atom. The highest BCUT2D eigenvalue weighted by atomic mass is 16.7. The van der Waals surface area contributed by atoms with Crippen LogP contribution >= 0.6 is 0 Å². The molecule has 1 heterocycles. The number of ether oxygens (including phenoxy) is 3. The van der Waals surface area contributed by atoms with E-state index in [0.29, 0.717) is 11.1 Å². The molecule has 0 spiro atoms. The van der Waals surface area contributed by atoms with E-state index in [0.717, 1.165) is 12.2 Å². The molecule has 0 amide bonds. The van der Waals surface area contributed by atoms with E-state index in [1.54, 1.807) is 0 Å². The van der Waals surface area contributed by atoms with Gasteiger partial charge in [-0.15, -0.1) is 0 Å². The van der Waals surface area contributed by atoms with E-state index in [9.17, 15) is 45.3 Å². The van der Waals surface area contributed by atoms with Gasteiger partial charge in [0.25, 0.3) is 0 Å². The highest BCUT2D eigenvalue weighted by Gasteiger charge is 2.47. The van der Waals surface area contributed by atoms with Crippen molar-refractivity contribution >= 4 is 24.1 Å². The predicted molar refractivity (Wildman–Crippen MR) is 121 cm³/mol. The number of hydrogen-bond acceptors (Lipinski definition) is 12. The maximum absolute atomic E-state index is 12.2. The first kappa shape index (κ1) is 26.5. The molecule has 1 aliphatic heterocycles. The molecule has 12 heteroatoms. The Labute approximate surface area is 204 Å². The average molecular weight is 504 g/mol. The molecule has 2 aromatic rings. The molecule has 192 valence electrons. The Balaban J connectivity index is 1.61. The lowest BCUT2D eigenvalue weighted by atomic mass is 9.99. The minimum absolute atomic E-state index is 0.345. The molecule has 7 N–H and O–H groups in total. The van der Waals surface area contributed by atoms with Crippen LogP contribution in [-0.2, 0) is 23.8 Å². The number of phenols is 4. The lowest BCUT2D eigenvalue weighted by Crippen LogP contribution is -2.60. The smallest absolute Gasteiger partial charge is 0.333 e. The summed E-state index contributed by atoms with van der Waals surface area (Å²) in [5.74, 6) is -3.46. The molecule has 0 radical (unpaired) electrons. The zero-order valence-corrected chi connectivity index (χ0v) is 18.5. The number of hydrogen-bond donors (Lipinski definition) is 7. The van der Waals surface area contributed by atoms with Gasteiger partial charge in [0.2, 0.25) is 6.29 Å². The fourth-order valence-electron chi connectivity index (χ4n) is 3.24. The van der Waals surface area contributed by atoms with Crippen molar-refractivity contribution in [2.24, 2.45) is 0 Å². The number of carbonyl (C=O) groups is 2. The highest BCUT2D eigenvalue weighted by molar-refractivity contribution is 5.88. The van der Waals surface area contributed by atoms with Gasteiger partial charge in [0.1, 0.15) is 18.3 Å².